The monoisotopic (exact) mass is 302 g/mol. The zero-order chi connectivity index (χ0) is 15.2. The number of carbonyl (C=O) groups excluding carboxylic acids is 1. The number of carbonyl (C=O) groups is 1. The maximum Gasteiger partial charge on any atom is 0.248 e. The molecule has 0 aliphatic rings. The Kier molecular flexibility index (Phi) is 4.85. The van der Waals surface area contributed by atoms with Gasteiger partial charge in [0, 0.05) is 16.8 Å². The summed E-state index contributed by atoms with van der Waals surface area (Å²) in [6.07, 6.45) is 3.11. The van der Waals surface area contributed by atoms with Crippen molar-refractivity contribution in [1.82, 2.24) is 0 Å². The van der Waals surface area contributed by atoms with E-state index in [-0.39, 0.29) is 5.91 Å². The molecule has 0 aromatic heterocycles. The molecule has 0 saturated heterocycles. The Bertz CT molecular complexity index is 684. The number of nitrogens with one attached hydrogen (secondary N) is 1. The Morgan fingerprint density at radius 3 is 2.81 bits per heavy atom. The molecule has 21 heavy (non-hydrogen) atoms. The van der Waals surface area contributed by atoms with Crippen molar-refractivity contribution in [3.63, 3.8) is 0 Å². The lowest BCUT2D eigenvalue weighted by Crippen LogP contribution is -2.08. The van der Waals surface area contributed by atoms with Gasteiger partial charge in [0.1, 0.15) is 5.75 Å². The van der Waals surface area contributed by atoms with Crippen LogP contribution in [0.3, 0.4) is 0 Å². The van der Waals surface area contributed by atoms with E-state index in [2.05, 4.69) is 5.32 Å². The molecule has 3 N–H and O–H groups in total. The van der Waals surface area contributed by atoms with E-state index in [0.717, 1.165) is 5.56 Å². The fraction of sp³-hybridized carbons (Fsp3) is 0.0625. The predicted octanol–water partition coefficient (Wildman–Crippen LogP) is 3.58. The molecule has 0 saturated carbocycles. The molecular weight excluding hydrogens is 288 g/mol. The summed E-state index contributed by atoms with van der Waals surface area (Å²) in [6, 6.07) is 12.3. The van der Waals surface area contributed by atoms with Crippen LogP contribution in [0.4, 0.5) is 11.4 Å². The number of hydrogen-bond acceptors (Lipinski definition) is 3. The van der Waals surface area contributed by atoms with E-state index in [1.165, 1.54) is 13.2 Å². The summed E-state index contributed by atoms with van der Waals surface area (Å²) in [5, 5.41) is 3.24. The van der Waals surface area contributed by atoms with Crippen LogP contribution in [0.15, 0.2) is 48.5 Å². The van der Waals surface area contributed by atoms with E-state index in [1.807, 2.05) is 12.1 Å². The first kappa shape index (κ1) is 14.9. The predicted molar refractivity (Wildman–Crippen MR) is 86.5 cm³/mol. The highest BCUT2D eigenvalue weighted by Gasteiger charge is 2.06. The van der Waals surface area contributed by atoms with E-state index in [1.54, 1.807) is 36.4 Å². The van der Waals surface area contributed by atoms with Crippen molar-refractivity contribution in [2.75, 3.05) is 18.2 Å². The highest BCUT2D eigenvalue weighted by Crippen LogP contribution is 2.27. The third-order valence-electron chi connectivity index (χ3n) is 2.76. The number of ether oxygens (including phenoxy) is 1. The van der Waals surface area contributed by atoms with Gasteiger partial charge in [-0.05, 0) is 42.0 Å². The van der Waals surface area contributed by atoms with Gasteiger partial charge in [-0.1, -0.05) is 23.7 Å². The lowest BCUT2D eigenvalue weighted by molar-refractivity contribution is -0.111. The Morgan fingerprint density at radius 1 is 1.29 bits per heavy atom. The van der Waals surface area contributed by atoms with Crippen molar-refractivity contribution >= 4 is 35.0 Å². The van der Waals surface area contributed by atoms with Crippen LogP contribution in [0.5, 0.6) is 5.75 Å². The second-order valence-electron chi connectivity index (χ2n) is 4.34. The third-order valence-corrected chi connectivity index (χ3v) is 2.99. The van der Waals surface area contributed by atoms with Crippen LogP contribution in [0.2, 0.25) is 5.02 Å². The van der Waals surface area contributed by atoms with Gasteiger partial charge in [0.2, 0.25) is 5.91 Å². The summed E-state index contributed by atoms with van der Waals surface area (Å²) < 4.78 is 5.17. The zero-order valence-electron chi connectivity index (χ0n) is 11.5. The van der Waals surface area contributed by atoms with Crippen molar-refractivity contribution in [3.8, 4) is 5.75 Å². The van der Waals surface area contributed by atoms with Crippen molar-refractivity contribution in [3.05, 3.63) is 59.1 Å². The van der Waals surface area contributed by atoms with E-state index < -0.39 is 0 Å². The lowest BCUT2D eigenvalue weighted by Gasteiger charge is -2.08. The van der Waals surface area contributed by atoms with Crippen molar-refractivity contribution in [2.24, 2.45) is 0 Å². The van der Waals surface area contributed by atoms with Crippen LogP contribution in [0.1, 0.15) is 5.56 Å². The number of anilines is 2. The van der Waals surface area contributed by atoms with Crippen LogP contribution in [-0.2, 0) is 4.79 Å². The standard InChI is InChI=1S/C16H15ClN2O2/c1-21-15-7-6-12(17)10-14(15)19-16(20)8-5-11-3-2-4-13(18)9-11/h2-10H,18H2,1H3,(H,19,20)/b8-5+. The van der Waals surface area contributed by atoms with Gasteiger partial charge in [-0.3, -0.25) is 4.79 Å². The summed E-state index contributed by atoms with van der Waals surface area (Å²) in [7, 11) is 1.53. The molecule has 0 heterocycles. The first-order valence-corrected chi connectivity index (χ1v) is 6.64. The zero-order valence-corrected chi connectivity index (χ0v) is 12.2. The topological polar surface area (TPSA) is 64.3 Å². The molecule has 0 fully saturated rings. The molecule has 2 rings (SSSR count). The Hall–Kier alpha value is -2.46. The van der Waals surface area contributed by atoms with Gasteiger partial charge in [-0.25, -0.2) is 0 Å². The summed E-state index contributed by atoms with van der Waals surface area (Å²) in [6.45, 7) is 0. The third kappa shape index (κ3) is 4.26. The Morgan fingerprint density at radius 2 is 2.10 bits per heavy atom. The van der Waals surface area contributed by atoms with Gasteiger partial charge in [0.15, 0.2) is 0 Å². The van der Waals surface area contributed by atoms with Crippen molar-refractivity contribution in [2.45, 2.75) is 0 Å². The van der Waals surface area contributed by atoms with Gasteiger partial charge in [0.25, 0.3) is 0 Å². The van der Waals surface area contributed by atoms with Crippen LogP contribution in [0.25, 0.3) is 6.08 Å². The summed E-state index contributed by atoms with van der Waals surface area (Å²) >= 11 is 5.91. The van der Waals surface area contributed by atoms with Crippen LogP contribution >= 0.6 is 11.6 Å². The molecule has 2 aromatic carbocycles. The van der Waals surface area contributed by atoms with Gasteiger partial charge in [0.05, 0.1) is 12.8 Å². The second kappa shape index (κ2) is 6.81. The summed E-state index contributed by atoms with van der Waals surface area (Å²) in [4.78, 5) is 11.9. The summed E-state index contributed by atoms with van der Waals surface area (Å²) in [5.41, 5.74) is 7.70. The molecule has 0 bridgehead atoms. The van der Waals surface area contributed by atoms with Crippen LogP contribution < -0.4 is 15.8 Å². The first-order valence-electron chi connectivity index (χ1n) is 6.26. The average Bonchev–Trinajstić information content (AvgIpc) is 2.45. The smallest absolute Gasteiger partial charge is 0.248 e. The minimum Gasteiger partial charge on any atom is -0.495 e. The van der Waals surface area contributed by atoms with E-state index in [4.69, 9.17) is 22.1 Å². The molecule has 4 nitrogen and oxygen atoms in total. The van der Waals surface area contributed by atoms with Crippen LogP contribution in [-0.4, -0.2) is 13.0 Å². The number of benzene rings is 2. The maximum atomic E-state index is 11.9. The van der Waals surface area contributed by atoms with Crippen LogP contribution in [0, 0.1) is 0 Å². The molecule has 108 valence electrons. The number of nitrogens with two attached hydrogens (primary N) is 1. The number of nitrogen functional groups attached to an aromatic ring is 1. The number of amides is 1. The van der Waals surface area contributed by atoms with Gasteiger partial charge >= 0.3 is 0 Å². The largest absolute Gasteiger partial charge is 0.495 e. The van der Waals surface area contributed by atoms with Crippen molar-refractivity contribution < 1.29 is 9.53 Å². The van der Waals surface area contributed by atoms with Crippen molar-refractivity contribution in [1.29, 1.82) is 0 Å². The number of rotatable bonds is 4. The Labute approximate surface area is 128 Å². The maximum absolute atomic E-state index is 11.9. The van der Waals surface area contributed by atoms with Gasteiger partial charge < -0.3 is 15.8 Å². The molecule has 5 heteroatoms. The number of methoxy groups -OCH3 is 1. The normalized spacial score (nSPS) is 10.6. The molecule has 2 aromatic rings. The molecule has 0 unspecified atom stereocenters. The van der Waals surface area contributed by atoms with E-state index in [9.17, 15) is 4.79 Å². The lowest BCUT2D eigenvalue weighted by atomic mass is 10.2. The fourth-order valence-electron chi connectivity index (χ4n) is 1.79. The minimum absolute atomic E-state index is 0.280. The summed E-state index contributed by atoms with van der Waals surface area (Å²) in [5.74, 6) is 0.267. The second-order valence-corrected chi connectivity index (χ2v) is 4.77. The number of hydrogen-bond donors (Lipinski definition) is 2. The molecule has 0 atom stereocenters. The van der Waals surface area contributed by atoms with Gasteiger partial charge in [-0.15, -0.1) is 0 Å². The highest BCUT2D eigenvalue weighted by atomic mass is 35.5. The SMILES string of the molecule is COc1ccc(Cl)cc1NC(=O)/C=C/c1cccc(N)c1. The molecular formula is C16H15ClN2O2. The Balaban J connectivity index is 2.10. The average molecular weight is 303 g/mol. The quantitative estimate of drug-likeness (QED) is 0.670. The molecule has 1 amide bonds. The molecule has 0 aliphatic carbocycles. The van der Waals surface area contributed by atoms with E-state index >= 15 is 0 Å². The van der Waals surface area contributed by atoms with Gasteiger partial charge in [-0.2, -0.15) is 0 Å². The molecule has 0 aliphatic heterocycles. The molecule has 0 spiro atoms. The molecule has 0 radical (unpaired) electrons. The fourth-order valence-corrected chi connectivity index (χ4v) is 1.96. The minimum atomic E-state index is -0.280. The highest BCUT2D eigenvalue weighted by molar-refractivity contribution is 6.31. The first-order chi connectivity index (χ1) is 10.1. The number of halogens is 1. The van der Waals surface area contributed by atoms with E-state index in [0.29, 0.717) is 22.1 Å².